The predicted octanol–water partition coefficient (Wildman–Crippen LogP) is 0.760. The van der Waals surface area contributed by atoms with E-state index in [4.69, 9.17) is 21.4 Å². The number of fused-ring (bicyclic) bond motifs is 1. The van der Waals surface area contributed by atoms with E-state index in [9.17, 15) is 5.11 Å². The van der Waals surface area contributed by atoms with Crippen LogP contribution in [0.4, 0.5) is 0 Å². The van der Waals surface area contributed by atoms with Crippen molar-refractivity contribution in [2.45, 2.75) is 19.4 Å². The SMILES string of the molecule is OCCC(O)OCn1ccc2c(Cl)ncnc21. The van der Waals surface area contributed by atoms with Crippen molar-refractivity contribution in [3.8, 4) is 0 Å². The topological polar surface area (TPSA) is 80.4 Å². The Hall–Kier alpha value is -1.21. The number of aliphatic hydroxyl groups excluding tert-OH is 2. The van der Waals surface area contributed by atoms with Gasteiger partial charge in [-0.1, -0.05) is 11.6 Å². The van der Waals surface area contributed by atoms with Crippen LogP contribution in [-0.4, -0.2) is 37.6 Å². The lowest BCUT2D eigenvalue weighted by atomic mass is 10.4. The highest BCUT2D eigenvalue weighted by Crippen LogP contribution is 2.20. The van der Waals surface area contributed by atoms with Gasteiger partial charge in [-0.2, -0.15) is 0 Å². The fourth-order valence-electron chi connectivity index (χ4n) is 1.44. The average Bonchev–Trinajstić information content (AvgIpc) is 2.72. The van der Waals surface area contributed by atoms with Gasteiger partial charge in [0.1, 0.15) is 23.9 Å². The number of aromatic nitrogens is 3. The van der Waals surface area contributed by atoms with Crippen molar-refractivity contribution in [2.75, 3.05) is 6.61 Å². The molecule has 2 aromatic heterocycles. The zero-order valence-electron chi connectivity index (χ0n) is 8.95. The molecule has 0 fully saturated rings. The Labute approximate surface area is 102 Å². The zero-order chi connectivity index (χ0) is 12.3. The summed E-state index contributed by atoms with van der Waals surface area (Å²) in [6.45, 7) is 0.0135. The molecule has 92 valence electrons. The lowest BCUT2D eigenvalue weighted by Crippen LogP contribution is -2.16. The Morgan fingerprint density at radius 1 is 1.47 bits per heavy atom. The van der Waals surface area contributed by atoms with Gasteiger partial charge in [-0.05, 0) is 6.07 Å². The van der Waals surface area contributed by atoms with E-state index in [-0.39, 0.29) is 19.8 Å². The molecule has 0 bridgehead atoms. The second kappa shape index (κ2) is 5.42. The quantitative estimate of drug-likeness (QED) is 0.611. The summed E-state index contributed by atoms with van der Waals surface area (Å²) in [5.41, 5.74) is 0.640. The van der Waals surface area contributed by atoms with Gasteiger partial charge in [-0.25, -0.2) is 9.97 Å². The predicted molar refractivity (Wildman–Crippen MR) is 61.3 cm³/mol. The van der Waals surface area contributed by atoms with Gasteiger partial charge in [0.25, 0.3) is 0 Å². The van der Waals surface area contributed by atoms with Crippen LogP contribution in [0.3, 0.4) is 0 Å². The van der Waals surface area contributed by atoms with E-state index >= 15 is 0 Å². The number of halogens is 1. The molecule has 1 atom stereocenters. The maximum atomic E-state index is 9.32. The summed E-state index contributed by atoms with van der Waals surface area (Å²) in [4.78, 5) is 7.95. The minimum Gasteiger partial charge on any atom is -0.396 e. The third-order valence-electron chi connectivity index (χ3n) is 2.29. The fraction of sp³-hybridized carbons (Fsp3) is 0.400. The van der Waals surface area contributed by atoms with Gasteiger partial charge in [-0.3, -0.25) is 0 Å². The van der Waals surface area contributed by atoms with Gasteiger partial charge in [0.05, 0.1) is 5.39 Å². The van der Waals surface area contributed by atoms with Crippen molar-refractivity contribution >= 4 is 22.6 Å². The van der Waals surface area contributed by atoms with Crippen LogP contribution in [-0.2, 0) is 11.5 Å². The summed E-state index contributed by atoms with van der Waals surface area (Å²) in [5.74, 6) is 0. The Kier molecular flexibility index (Phi) is 3.90. The molecule has 0 aliphatic heterocycles. The summed E-state index contributed by atoms with van der Waals surface area (Å²) < 4.78 is 6.83. The molecule has 7 heteroatoms. The van der Waals surface area contributed by atoms with Crippen molar-refractivity contribution in [3.63, 3.8) is 0 Å². The smallest absolute Gasteiger partial charge is 0.159 e. The van der Waals surface area contributed by atoms with Gasteiger partial charge >= 0.3 is 0 Å². The van der Waals surface area contributed by atoms with Crippen LogP contribution in [0.1, 0.15) is 6.42 Å². The van der Waals surface area contributed by atoms with Gasteiger partial charge in [-0.15, -0.1) is 0 Å². The van der Waals surface area contributed by atoms with E-state index in [1.165, 1.54) is 6.33 Å². The van der Waals surface area contributed by atoms with Gasteiger partial charge in [0.2, 0.25) is 0 Å². The minimum absolute atomic E-state index is 0.123. The highest BCUT2D eigenvalue weighted by Gasteiger charge is 2.08. The molecule has 2 aromatic rings. The molecule has 2 heterocycles. The highest BCUT2D eigenvalue weighted by molar-refractivity contribution is 6.33. The van der Waals surface area contributed by atoms with E-state index in [1.54, 1.807) is 16.8 Å². The molecule has 6 nitrogen and oxygen atoms in total. The maximum Gasteiger partial charge on any atom is 0.159 e. The van der Waals surface area contributed by atoms with Crippen LogP contribution in [0.15, 0.2) is 18.6 Å². The molecule has 2 N–H and O–H groups in total. The summed E-state index contributed by atoms with van der Waals surface area (Å²) in [5, 5.41) is 19.0. The largest absolute Gasteiger partial charge is 0.396 e. The molecule has 0 aliphatic carbocycles. The van der Waals surface area contributed by atoms with Crippen LogP contribution in [0.5, 0.6) is 0 Å². The molecule has 0 amide bonds. The standard InChI is InChI=1S/C10H12ClN3O3/c11-9-7-1-3-14(10(7)13-5-12-9)6-17-8(16)2-4-15/h1,3,5,8,15-16H,2,4,6H2. The molecule has 17 heavy (non-hydrogen) atoms. The molecule has 0 saturated carbocycles. The van der Waals surface area contributed by atoms with Crippen LogP contribution < -0.4 is 0 Å². The monoisotopic (exact) mass is 257 g/mol. The summed E-state index contributed by atoms with van der Waals surface area (Å²) in [7, 11) is 0. The minimum atomic E-state index is -0.991. The van der Waals surface area contributed by atoms with Crippen LogP contribution in [0.25, 0.3) is 11.0 Å². The number of nitrogens with zero attached hydrogens (tertiary/aromatic N) is 3. The first-order valence-electron chi connectivity index (χ1n) is 5.08. The van der Waals surface area contributed by atoms with Gasteiger partial charge in [0.15, 0.2) is 6.29 Å². The number of hydrogen-bond donors (Lipinski definition) is 2. The third kappa shape index (κ3) is 2.73. The number of rotatable bonds is 5. The van der Waals surface area contributed by atoms with E-state index < -0.39 is 6.29 Å². The van der Waals surface area contributed by atoms with E-state index in [0.717, 1.165) is 5.39 Å². The van der Waals surface area contributed by atoms with Crippen molar-refractivity contribution in [2.24, 2.45) is 0 Å². The van der Waals surface area contributed by atoms with Crippen molar-refractivity contribution < 1.29 is 14.9 Å². The van der Waals surface area contributed by atoms with Crippen LogP contribution in [0, 0.1) is 0 Å². The number of ether oxygens (including phenoxy) is 1. The van der Waals surface area contributed by atoms with Crippen molar-refractivity contribution in [1.29, 1.82) is 0 Å². The van der Waals surface area contributed by atoms with Crippen LogP contribution in [0.2, 0.25) is 5.15 Å². The molecule has 0 aliphatic rings. The lowest BCUT2D eigenvalue weighted by Gasteiger charge is -2.11. The second-order valence-corrected chi connectivity index (χ2v) is 3.81. The Bertz CT molecular complexity index is 503. The Morgan fingerprint density at radius 2 is 2.29 bits per heavy atom. The molecule has 1 unspecified atom stereocenters. The van der Waals surface area contributed by atoms with E-state index in [2.05, 4.69) is 9.97 Å². The normalized spacial score (nSPS) is 13.1. The van der Waals surface area contributed by atoms with E-state index in [0.29, 0.717) is 10.8 Å². The van der Waals surface area contributed by atoms with Crippen LogP contribution >= 0.6 is 11.6 Å². The Morgan fingerprint density at radius 3 is 3.06 bits per heavy atom. The first-order valence-corrected chi connectivity index (χ1v) is 5.46. The van der Waals surface area contributed by atoms with Crippen molar-refractivity contribution in [3.05, 3.63) is 23.7 Å². The molecule has 0 aromatic carbocycles. The second-order valence-electron chi connectivity index (χ2n) is 3.45. The fourth-order valence-corrected chi connectivity index (χ4v) is 1.63. The lowest BCUT2D eigenvalue weighted by molar-refractivity contribution is -0.132. The molecular formula is C10H12ClN3O3. The first-order chi connectivity index (χ1) is 8.22. The number of aliphatic hydroxyl groups is 2. The summed E-state index contributed by atoms with van der Waals surface area (Å²) in [6, 6.07) is 1.78. The zero-order valence-corrected chi connectivity index (χ0v) is 9.71. The summed E-state index contributed by atoms with van der Waals surface area (Å²) >= 11 is 5.90. The highest BCUT2D eigenvalue weighted by atomic mass is 35.5. The Balaban J connectivity index is 2.12. The molecule has 0 spiro atoms. The van der Waals surface area contributed by atoms with Gasteiger partial charge < -0.3 is 19.5 Å². The average molecular weight is 258 g/mol. The van der Waals surface area contributed by atoms with Crippen molar-refractivity contribution in [1.82, 2.24) is 14.5 Å². The number of hydrogen-bond acceptors (Lipinski definition) is 5. The third-order valence-corrected chi connectivity index (χ3v) is 2.59. The first kappa shape index (κ1) is 12.3. The van der Waals surface area contributed by atoms with E-state index in [1.807, 2.05) is 0 Å². The molecule has 0 radical (unpaired) electrons. The molecule has 2 rings (SSSR count). The molecule has 0 saturated heterocycles. The van der Waals surface area contributed by atoms with Gasteiger partial charge in [0, 0.05) is 19.2 Å². The summed E-state index contributed by atoms with van der Waals surface area (Å²) in [6.07, 6.45) is 2.30. The maximum absolute atomic E-state index is 9.32. The molecular weight excluding hydrogens is 246 g/mol.